The highest BCUT2D eigenvalue weighted by Gasteiger charge is 2.71. The van der Waals surface area contributed by atoms with Crippen LogP contribution >= 0.6 is 0 Å². The van der Waals surface area contributed by atoms with Crippen LogP contribution in [0.3, 0.4) is 0 Å². The lowest BCUT2D eigenvalue weighted by molar-refractivity contribution is -0.186. The van der Waals surface area contributed by atoms with Crippen molar-refractivity contribution in [3.63, 3.8) is 0 Å². The van der Waals surface area contributed by atoms with Gasteiger partial charge in [0.25, 0.3) is 0 Å². The van der Waals surface area contributed by atoms with Crippen molar-refractivity contribution in [1.82, 2.24) is 0 Å². The van der Waals surface area contributed by atoms with Crippen molar-refractivity contribution in [3.8, 4) is 0 Å². The third-order valence-corrected chi connectivity index (χ3v) is 8.24. The molecule has 0 aromatic carbocycles. The quantitative estimate of drug-likeness (QED) is 0.702. The molecule has 4 aliphatic rings. The summed E-state index contributed by atoms with van der Waals surface area (Å²) >= 11 is 0. The van der Waals surface area contributed by atoms with E-state index in [0.29, 0.717) is 19.3 Å². The zero-order valence-electron chi connectivity index (χ0n) is 17.6. The van der Waals surface area contributed by atoms with Crippen LogP contribution in [0.4, 0.5) is 4.79 Å². The number of ether oxygens (including phenoxy) is 2. The molecule has 0 bridgehead atoms. The summed E-state index contributed by atoms with van der Waals surface area (Å²) in [6, 6.07) is 0. The van der Waals surface area contributed by atoms with Gasteiger partial charge in [-0.25, -0.2) is 9.59 Å². The molecular weight excluding hydrogens is 388 g/mol. The normalized spacial score (nSPS) is 42.0. The van der Waals surface area contributed by atoms with E-state index < -0.39 is 28.6 Å². The summed E-state index contributed by atoms with van der Waals surface area (Å²) in [7, 11) is 0. The number of carbonyl (C=O) groups is 4. The predicted molar refractivity (Wildman–Crippen MR) is 105 cm³/mol. The van der Waals surface area contributed by atoms with E-state index in [0.717, 1.165) is 5.57 Å². The summed E-state index contributed by atoms with van der Waals surface area (Å²) in [5, 5.41) is 10.1. The van der Waals surface area contributed by atoms with Crippen LogP contribution in [0.15, 0.2) is 23.8 Å². The Hall–Kier alpha value is -2.44. The molecule has 0 aromatic rings. The summed E-state index contributed by atoms with van der Waals surface area (Å²) in [5.41, 5.74) is -2.32. The first-order valence-electron chi connectivity index (χ1n) is 10.6. The number of allylic oxidation sites excluding steroid dienone is 4. The van der Waals surface area contributed by atoms with Gasteiger partial charge in [0.15, 0.2) is 5.78 Å². The van der Waals surface area contributed by atoms with Gasteiger partial charge < -0.3 is 14.6 Å². The van der Waals surface area contributed by atoms with E-state index in [2.05, 4.69) is 0 Å². The van der Waals surface area contributed by atoms with E-state index in [-0.39, 0.29) is 48.8 Å². The minimum Gasteiger partial charge on any atom is -0.478 e. The van der Waals surface area contributed by atoms with Crippen molar-refractivity contribution in [2.24, 2.45) is 28.6 Å². The maximum atomic E-state index is 13.5. The van der Waals surface area contributed by atoms with Gasteiger partial charge in [0.05, 0.1) is 6.61 Å². The first-order chi connectivity index (χ1) is 14.1. The lowest BCUT2D eigenvalue weighted by Crippen LogP contribution is -2.61. The van der Waals surface area contributed by atoms with Gasteiger partial charge in [0, 0.05) is 23.2 Å². The Labute approximate surface area is 175 Å². The predicted octanol–water partition coefficient (Wildman–Crippen LogP) is 3.47. The van der Waals surface area contributed by atoms with Crippen molar-refractivity contribution in [1.29, 1.82) is 0 Å². The molecule has 162 valence electrons. The Morgan fingerprint density at radius 1 is 1.23 bits per heavy atom. The van der Waals surface area contributed by atoms with Gasteiger partial charge in [-0.15, -0.1) is 0 Å². The Bertz CT molecular complexity index is 886. The molecule has 0 radical (unpaired) electrons. The van der Waals surface area contributed by atoms with Gasteiger partial charge in [-0.3, -0.25) is 9.59 Å². The third-order valence-electron chi connectivity index (χ3n) is 8.24. The molecule has 0 aromatic heterocycles. The molecule has 3 saturated carbocycles. The Morgan fingerprint density at radius 3 is 2.63 bits per heavy atom. The molecule has 0 unspecified atom stereocenters. The molecule has 0 heterocycles. The molecule has 7 heteroatoms. The number of fused-ring (bicyclic) bond motifs is 5. The number of aliphatic carboxylic acids is 1. The van der Waals surface area contributed by atoms with Gasteiger partial charge in [0.2, 0.25) is 5.60 Å². The maximum absolute atomic E-state index is 13.5. The van der Waals surface area contributed by atoms with Crippen molar-refractivity contribution in [2.45, 2.75) is 58.5 Å². The summed E-state index contributed by atoms with van der Waals surface area (Å²) in [5.74, 6) is -1.70. The van der Waals surface area contributed by atoms with Crippen LogP contribution in [0.25, 0.3) is 0 Å². The van der Waals surface area contributed by atoms with Gasteiger partial charge in [-0.1, -0.05) is 25.5 Å². The van der Waals surface area contributed by atoms with Crippen molar-refractivity contribution in [2.75, 3.05) is 6.61 Å². The SMILES string of the molecule is CCOC(=O)O[C@]1(C(=O)O)CC[C@H]2[C@@H]3CCC4=CC(=O)C=C[C@]4(C)[C@H]3C(=O)C[C@@]21C. The standard InChI is InChI=1S/C23H28O7/c1-4-29-20(28)30-23(19(26)27)10-8-16-15-6-5-13-11-14(24)7-9-21(13,2)18(15)17(25)12-22(16,23)3/h7,9,11,15-16,18H,4-6,8,10,12H2,1-3H3,(H,26,27)/t15-,16-,18+,21-,22-,23-/m0/s1. The number of ketones is 2. The number of hydrogen-bond donors (Lipinski definition) is 1. The second kappa shape index (κ2) is 6.79. The number of hydrogen-bond acceptors (Lipinski definition) is 6. The first-order valence-corrected chi connectivity index (χ1v) is 10.6. The molecule has 0 amide bonds. The fourth-order valence-corrected chi connectivity index (χ4v) is 6.87. The molecule has 4 aliphatic carbocycles. The Kier molecular flexibility index (Phi) is 4.71. The molecule has 0 saturated heterocycles. The van der Waals surface area contributed by atoms with Crippen LogP contribution in [0.2, 0.25) is 0 Å². The maximum Gasteiger partial charge on any atom is 0.509 e. The fraction of sp³-hybridized carbons (Fsp3) is 0.652. The molecule has 0 spiro atoms. The highest BCUT2D eigenvalue weighted by Crippen LogP contribution is 2.66. The molecule has 3 fully saturated rings. The molecule has 4 rings (SSSR count). The highest BCUT2D eigenvalue weighted by molar-refractivity contribution is 6.02. The lowest BCUT2D eigenvalue weighted by Gasteiger charge is -2.56. The Morgan fingerprint density at radius 2 is 1.97 bits per heavy atom. The van der Waals surface area contributed by atoms with Crippen LogP contribution in [0.1, 0.15) is 52.9 Å². The first kappa shape index (κ1) is 20.8. The van der Waals surface area contributed by atoms with E-state index in [4.69, 9.17) is 9.47 Å². The molecule has 1 N–H and O–H groups in total. The number of carboxylic acid groups (broad SMARTS) is 1. The minimum absolute atomic E-state index is 0.0224. The monoisotopic (exact) mass is 416 g/mol. The second-order valence-corrected chi connectivity index (χ2v) is 9.49. The van der Waals surface area contributed by atoms with Crippen LogP contribution < -0.4 is 0 Å². The van der Waals surface area contributed by atoms with Gasteiger partial charge in [-0.2, -0.15) is 0 Å². The number of carboxylic acids is 1. The van der Waals surface area contributed by atoms with Crippen LogP contribution in [-0.2, 0) is 23.9 Å². The van der Waals surface area contributed by atoms with Gasteiger partial charge >= 0.3 is 12.1 Å². The molecule has 0 aliphatic heterocycles. The molecule has 7 nitrogen and oxygen atoms in total. The minimum atomic E-state index is -1.78. The van der Waals surface area contributed by atoms with Gasteiger partial charge in [0.1, 0.15) is 5.78 Å². The summed E-state index contributed by atoms with van der Waals surface area (Å²) < 4.78 is 10.3. The molecular formula is C23H28O7. The van der Waals surface area contributed by atoms with E-state index in [9.17, 15) is 24.3 Å². The van der Waals surface area contributed by atoms with Crippen molar-refractivity contribution >= 4 is 23.7 Å². The van der Waals surface area contributed by atoms with Crippen molar-refractivity contribution < 1.29 is 33.8 Å². The zero-order valence-corrected chi connectivity index (χ0v) is 17.6. The van der Waals surface area contributed by atoms with Crippen LogP contribution in [-0.4, -0.2) is 41.0 Å². The second-order valence-electron chi connectivity index (χ2n) is 9.49. The topological polar surface area (TPSA) is 107 Å². The van der Waals surface area contributed by atoms with Gasteiger partial charge in [-0.05, 0) is 56.6 Å². The van der Waals surface area contributed by atoms with E-state index in [1.165, 1.54) is 6.08 Å². The summed E-state index contributed by atoms with van der Waals surface area (Å²) in [6.07, 6.45) is 6.20. The molecule has 6 atom stereocenters. The van der Waals surface area contributed by atoms with Crippen LogP contribution in [0.5, 0.6) is 0 Å². The number of Topliss-reactive ketones (excluding diaryl/α,β-unsaturated/α-hetero) is 1. The summed E-state index contributed by atoms with van der Waals surface area (Å²) in [6.45, 7) is 5.49. The smallest absolute Gasteiger partial charge is 0.478 e. The lowest BCUT2D eigenvalue weighted by atomic mass is 9.47. The van der Waals surface area contributed by atoms with Crippen molar-refractivity contribution in [3.05, 3.63) is 23.8 Å². The average molecular weight is 416 g/mol. The van der Waals surface area contributed by atoms with E-state index in [1.807, 2.05) is 13.0 Å². The number of carbonyl (C=O) groups excluding carboxylic acids is 3. The average Bonchev–Trinajstić information content (AvgIpc) is 2.95. The largest absolute Gasteiger partial charge is 0.509 e. The van der Waals surface area contributed by atoms with E-state index >= 15 is 0 Å². The summed E-state index contributed by atoms with van der Waals surface area (Å²) in [4.78, 5) is 49.9. The number of rotatable bonds is 3. The highest BCUT2D eigenvalue weighted by atomic mass is 16.7. The zero-order chi connectivity index (χ0) is 21.9. The third kappa shape index (κ3) is 2.63. The fourth-order valence-electron chi connectivity index (χ4n) is 6.87. The van der Waals surface area contributed by atoms with E-state index in [1.54, 1.807) is 19.9 Å². The molecule has 30 heavy (non-hydrogen) atoms. The van der Waals surface area contributed by atoms with Crippen LogP contribution in [0, 0.1) is 28.6 Å². The Balaban J connectivity index is 1.73.